The number of carbonyl (C=O) groups is 2. The summed E-state index contributed by atoms with van der Waals surface area (Å²) in [5, 5.41) is 0. The summed E-state index contributed by atoms with van der Waals surface area (Å²) in [4.78, 5) is 26.3. The Morgan fingerprint density at radius 1 is 1.05 bits per heavy atom. The second-order valence-corrected chi connectivity index (χ2v) is 6.54. The Hall–Kier alpha value is -1.16. The number of amides is 2. The molecule has 0 bridgehead atoms. The number of carbonyl (C=O) groups excluding carboxylic acids is 2. The fraction of sp³-hybridized carbons (Fsp3) is 0.467. The van der Waals surface area contributed by atoms with Crippen LogP contribution in [0.2, 0.25) is 0 Å². The molecule has 2 fully saturated rings. The van der Waals surface area contributed by atoms with Crippen molar-refractivity contribution >= 4 is 33.4 Å². The van der Waals surface area contributed by atoms with Crippen LogP contribution in [-0.2, 0) is 9.59 Å². The van der Waals surface area contributed by atoms with E-state index < -0.39 is 0 Å². The number of fused-ring (bicyclic) bond motifs is 1. The molecular formula is C15H16BrNO2. The molecule has 3 nitrogen and oxygen atoms in total. The van der Waals surface area contributed by atoms with Crippen molar-refractivity contribution in [2.75, 3.05) is 4.90 Å². The fourth-order valence-corrected chi connectivity index (χ4v) is 3.50. The Morgan fingerprint density at radius 3 is 2.37 bits per heavy atom. The van der Waals surface area contributed by atoms with E-state index in [4.69, 9.17) is 0 Å². The molecule has 2 aliphatic rings. The van der Waals surface area contributed by atoms with E-state index in [-0.39, 0.29) is 23.7 Å². The van der Waals surface area contributed by atoms with E-state index >= 15 is 0 Å². The fourth-order valence-electron chi connectivity index (χ4n) is 3.23. The minimum absolute atomic E-state index is 0.00998. The monoisotopic (exact) mass is 321 g/mol. The third kappa shape index (κ3) is 2.12. The molecule has 1 aromatic carbocycles. The van der Waals surface area contributed by atoms with Gasteiger partial charge in [0.1, 0.15) is 0 Å². The van der Waals surface area contributed by atoms with Crippen LogP contribution < -0.4 is 4.90 Å². The molecule has 1 aliphatic carbocycles. The van der Waals surface area contributed by atoms with E-state index in [0.717, 1.165) is 23.7 Å². The average Bonchev–Trinajstić information content (AvgIpc) is 2.63. The van der Waals surface area contributed by atoms with Gasteiger partial charge in [-0.3, -0.25) is 14.5 Å². The highest BCUT2D eigenvalue weighted by Crippen LogP contribution is 2.42. The molecule has 0 spiro atoms. The van der Waals surface area contributed by atoms with E-state index in [2.05, 4.69) is 22.9 Å². The number of halogens is 1. The molecule has 1 aliphatic heterocycles. The smallest absolute Gasteiger partial charge is 0.237 e. The molecule has 0 radical (unpaired) electrons. The number of hydrogen-bond donors (Lipinski definition) is 0. The van der Waals surface area contributed by atoms with E-state index in [0.29, 0.717) is 11.6 Å². The highest BCUT2D eigenvalue weighted by molar-refractivity contribution is 9.10. The Bertz CT molecular complexity index is 525. The normalized spacial score (nSPS) is 30.6. The van der Waals surface area contributed by atoms with Crippen LogP contribution in [0.15, 0.2) is 28.7 Å². The largest absolute Gasteiger partial charge is 0.274 e. The first kappa shape index (κ1) is 12.9. The molecule has 3 unspecified atom stereocenters. The summed E-state index contributed by atoms with van der Waals surface area (Å²) < 4.78 is 0.946. The van der Waals surface area contributed by atoms with Gasteiger partial charge in [0.05, 0.1) is 17.5 Å². The average molecular weight is 322 g/mol. The number of nitrogens with zero attached hydrogens (tertiary/aromatic N) is 1. The lowest BCUT2D eigenvalue weighted by Gasteiger charge is -2.25. The number of imide groups is 1. The minimum atomic E-state index is -0.0973. The second-order valence-electron chi connectivity index (χ2n) is 5.62. The summed E-state index contributed by atoms with van der Waals surface area (Å²) in [6, 6.07) is 7.36. The van der Waals surface area contributed by atoms with Gasteiger partial charge in [-0.15, -0.1) is 0 Å². The van der Waals surface area contributed by atoms with Crippen LogP contribution in [-0.4, -0.2) is 11.8 Å². The van der Waals surface area contributed by atoms with Crippen molar-refractivity contribution in [3.8, 4) is 0 Å². The Morgan fingerprint density at radius 2 is 1.68 bits per heavy atom. The predicted octanol–water partition coefficient (Wildman–Crippen LogP) is 3.37. The molecule has 0 aromatic heterocycles. The third-order valence-corrected chi connectivity index (χ3v) is 4.80. The molecule has 0 N–H and O–H groups in total. The van der Waals surface area contributed by atoms with E-state index in [1.807, 2.05) is 24.3 Å². The first-order valence-corrected chi connectivity index (χ1v) is 7.50. The summed E-state index contributed by atoms with van der Waals surface area (Å²) in [6.07, 6.45) is 2.75. The zero-order valence-corrected chi connectivity index (χ0v) is 12.4. The highest BCUT2D eigenvalue weighted by atomic mass is 79.9. The van der Waals surface area contributed by atoms with Crippen molar-refractivity contribution in [2.24, 2.45) is 17.8 Å². The van der Waals surface area contributed by atoms with Crippen LogP contribution in [0.5, 0.6) is 0 Å². The Labute approximate surface area is 121 Å². The highest BCUT2D eigenvalue weighted by Gasteiger charge is 2.49. The lowest BCUT2D eigenvalue weighted by atomic mass is 9.76. The summed E-state index contributed by atoms with van der Waals surface area (Å²) >= 11 is 3.36. The number of anilines is 1. The van der Waals surface area contributed by atoms with Crippen LogP contribution in [0.3, 0.4) is 0 Å². The van der Waals surface area contributed by atoms with Gasteiger partial charge in [-0.05, 0) is 49.4 Å². The molecule has 1 heterocycles. The molecule has 3 atom stereocenters. The molecule has 1 saturated heterocycles. The van der Waals surface area contributed by atoms with Gasteiger partial charge in [0.25, 0.3) is 0 Å². The van der Waals surface area contributed by atoms with Gasteiger partial charge < -0.3 is 0 Å². The first-order chi connectivity index (χ1) is 9.08. The SMILES string of the molecule is CC1CCC2C(=O)N(c3ccc(Br)cc3)C(=O)C2C1. The Kier molecular flexibility index (Phi) is 3.21. The van der Waals surface area contributed by atoms with Crippen LogP contribution in [0.1, 0.15) is 26.2 Å². The Balaban J connectivity index is 1.93. The van der Waals surface area contributed by atoms with Gasteiger partial charge in [0, 0.05) is 4.47 Å². The first-order valence-electron chi connectivity index (χ1n) is 6.71. The topological polar surface area (TPSA) is 37.4 Å². The summed E-state index contributed by atoms with van der Waals surface area (Å²) in [7, 11) is 0. The zero-order chi connectivity index (χ0) is 13.6. The maximum Gasteiger partial charge on any atom is 0.237 e. The zero-order valence-electron chi connectivity index (χ0n) is 10.8. The molecular weight excluding hydrogens is 306 g/mol. The van der Waals surface area contributed by atoms with Crippen molar-refractivity contribution < 1.29 is 9.59 Å². The molecule has 1 saturated carbocycles. The lowest BCUT2D eigenvalue weighted by molar-refractivity contribution is -0.122. The van der Waals surface area contributed by atoms with Crippen LogP contribution in [0.25, 0.3) is 0 Å². The quantitative estimate of drug-likeness (QED) is 0.744. The minimum Gasteiger partial charge on any atom is -0.274 e. The van der Waals surface area contributed by atoms with Crippen molar-refractivity contribution in [1.29, 1.82) is 0 Å². The van der Waals surface area contributed by atoms with Crippen LogP contribution in [0, 0.1) is 17.8 Å². The van der Waals surface area contributed by atoms with Crippen molar-refractivity contribution in [3.05, 3.63) is 28.7 Å². The number of benzene rings is 1. The third-order valence-electron chi connectivity index (χ3n) is 4.27. The maximum atomic E-state index is 12.5. The van der Waals surface area contributed by atoms with E-state index in [9.17, 15) is 9.59 Å². The second kappa shape index (κ2) is 4.75. The van der Waals surface area contributed by atoms with Crippen molar-refractivity contribution in [1.82, 2.24) is 0 Å². The van der Waals surface area contributed by atoms with Crippen molar-refractivity contribution in [2.45, 2.75) is 26.2 Å². The maximum absolute atomic E-state index is 12.5. The van der Waals surface area contributed by atoms with E-state index in [1.54, 1.807) is 0 Å². The van der Waals surface area contributed by atoms with Gasteiger partial charge in [0.15, 0.2) is 0 Å². The summed E-state index contributed by atoms with van der Waals surface area (Å²) in [5.74, 6) is 0.336. The standard InChI is InChI=1S/C15H16BrNO2/c1-9-2-7-12-13(8-9)15(19)17(14(12)18)11-5-3-10(16)4-6-11/h3-6,9,12-13H,2,7-8H2,1H3. The van der Waals surface area contributed by atoms with Gasteiger partial charge >= 0.3 is 0 Å². The van der Waals surface area contributed by atoms with Gasteiger partial charge in [-0.25, -0.2) is 0 Å². The number of rotatable bonds is 1. The summed E-state index contributed by atoms with van der Waals surface area (Å²) in [5.41, 5.74) is 0.695. The molecule has 2 amide bonds. The van der Waals surface area contributed by atoms with Gasteiger partial charge in [0.2, 0.25) is 11.8 Å². The number of hydrogen-bond acceptors (Lipinski definition) is 2. The molecule has 1 aromatic rings. The predicted molar refractivity (Wildman–Crippen MR) is 76.6 cm³/mol. The van der Waals surface area contributed by atoms with Crippen LogP contribution in [0.4, 0.5) is 5.69 Å². The van der Waals surface area contributed by atoms with E-state index in [1.165, 1.54) is 4.90 Å². The lowest BCUT2D eigenvalue weighted by Crippen LogP contribution is -2.30. The van der Waals surface area contributed by atoms with Gasteiger partial charge in [-0.2, -0.15) is 0 Å². The molecule has 4 heteroatoms. The molecule has 19 heavy (non-hydrogen) atoms. The molecule has 3 rings (SSSR count). The molecule has 100 valence electrons. The van der Waals surface area contributed by atoms with Crippen molar-refractivity contribution in [3.63, 3.8) is 0 Å². The van der Waals surface area contributed by atoms with Crippen LogP contribution >= 0.6 is 15.9 Å². The van der Waals surface area contributed by atoms with Gasteiger partial charge in [-0.1, -0.05) is 22.9 Å². The summed E-state index contributed by atoms with van der Waals surface area (Å²) in [6.45, 7) is 2.16.